The van der Waals surface area contributed by atoms with Crippen LogP contribution in [0.4, 0.5) is 26.3 Å². The zero-order valence-corrected chi connectivity index (χ0v) is 17.7. The maximum Gasteiger partial charge on any atom is 0.573 e. The van der Waals surface area contributed by atoms with Gasteiger partial charge in [-0.25, -0.2) is 21.6 Å². The van der Waals surface area contributed by atoms with Crippen LogP contribution in [0.3, 0.4) is 0 Å². The molecule has 34 heavy (non-hydrogen) atoms. The van der Waals surface area contributed by atoms with Crippen LogP contribution in [0.1, 0.15) is 0 Å². The molecule has 0 bridgehead atoms. The van der Waals surface area contributed by atoms with Gasteiger partial charge in [-0.1, -0.05) is 24.3 Å². The zero-order chi connectivity index (χ0) is 25.5. The highest BCUT2D eigenvalue weighted by molar-refractivity contribution is 7.90. The molecule has 0 amide bonds. The minimum absolute atomic E-state index is 0.212. The van der Waals surface area contributed by atoms with Crippen LogP contribution in [0.15, 0.2) is 75.5 Å². The van der Waals surface area contributed by atoms with Gasteiger partial charge in [-0.2, -0.15) is 7.94 Å². The van der Waals surface area contributed by atoms with E-state index in [0.29, 0.717) is 36.7 Å². The first-order chi connectivity index (χ1) is 15.5. The number of halogens is 6. The van der Waals surface area contributed by atoms with Crippen molar-refractivity contribution in [2.24, 2.45) is 0 Å². The van der Waals surface area contributed by atoms with Crippen LogP contribution in [0.2, 0.25) is 0 Å². The van der Waals surface area contributed by atoms with E-state index in [1.54, 1.807) is 0 Å². The maximum absolute atomic E-state index is 12.8. The molecule has 0 saturated heterocycles. The number of alkyl halides is 6. The number of ether oxygens (including phenoxy) is 2. The molecular formula is C17H10F6N2O7S2. The highest BCUT2D eigenvalue weighted by atomic mass is 32.2. The monoisotopic (exact) mass is 532 g/mol. The number of benzene rings is 2. The van der Waals surface area contributed by atoms with Crippen molar-refractivity contribution in [3.05, 3.63) is 71.4 Å². The Morgan fingerprint density at radius 2 is 0.941 bits per heavy atom. The number of hydrogen-bond donors (Lipinski definition) is 0. The number of rotatable bonds is 6. The maximum atomic E-state index is 12.8. The molecule has 184 valence electrons. The largest absolute Gasteiger partial charge is 0.573 e. The third kappa shape index (κ3) is 5.04. The summed E-state index contributed by atoms with van der Waals surface area (Å²) >= 11 is 0. The number of para-hydroxylation sites is 2. The van der Waals surface area contributed by atoms with Crippen molar-refractivity contribution in [1.29, 1.82) is 0 Å². The lowest BCUT2D eigenvalue weighted by Crippen LogP contribution is -2.33. The van der Waals surface area contributed by atoms with Gasteiger partial charge in [0.05, 0.1) is 0 Å². The smallest absolute Gasteiger partial charge is 0.404 e. The lowest BCUT2D eigenvalue weighted by atomic mass is 10.3. The molecule has 2 aromatic carbocycles. The second-order valence-corrected chi connectivity index (χ2v) is 9.74. The molecule has 0 aliphatic rings. The normalized spacial score (nSPS) is 13.0. The topological polar surface area (TPSA) is 114 Å². The van der Waals surface area contributed by atoms with Gasteiger partial charge in [-0.3, -0.25) is 0 Å². The van der Waals surface area contributed by atoms with Crippen molar-refractivity contribution >= 4 is 20.0 Å². The number of aromatic nitrogens is 2. The van der Waals surface area contributed by atoms with E-state index in [1.165, 1.54) is 0 Å². The Labute approximate surface area is 186 Å². The molecule has 3 rings (SSSR count). The van der Waals surface area contributed by atoms with Gasteiger partial charge in [0.15, 0.2) is 0 Å². The Morgan fingerprint density at radius 1 is 0.618 bits per heavy atom. The zero-order valence-electron chi connectivity index (χ0n) is 16.1. The molecule has 0 N–H and O–H groups in total. The Bertz CT molecular complexity index is 1380. The Balaban J connectivity index is 2.14. The molecular weight excluding hydrogens is 522 g/mol. The summed E-state index contributed by atoms with van der Waals surface area (Å²) in [5, 5.41) is 0. The molecule has 17 heteroatoms. The second-order valence-electron chi connectivity index (χ2n) is 6.17. The molecule has 0 fully saturated rings. The van der Waals surface area contributed by atoms with Crippen LogP contribution in [-0.4, -0.2) is 37.5 Å². The third-order valence-electron chi connectivity index (χ3n) is 3.94. The van der Waals surface area contributed by atoms with Crippen LogP contribution in [0, 0.1) is 0 Å². The highest BCUT2D eigenvalue weighted by Crippen LogP contribution is 2.32. The molecule has 3 aromatic rings. The lowest BCUT2D eigenvalue weighted by molar-refractivity contribution is -0.276. The van der Waals surface area contributed by atoms with Crippen molar-refractivity contribution in [1.82, 2.24) is 7.94 Å². The third-order valence-corrected chi connectivity index (χ3v) is 7.32. The highest BCUT2D eigenvalue weighted by Gasteiger charge is 2.37. The molecule has 9 nitrogen and oxygen atoms in total. The Hall–Kier alpha value is -3.47. The van der Waals surface area contributed by atoms with Crippen molar-refractivity contribution in [2.45, 2.75) is 22.5 Å². The van der Waals surface area contributed by atoms with E-state index in [-0.39, 0.29) is 7.94 Å². The molecule has 0 radical (unpaired) electrons. The van der Waals surface area contributed by atoms with E-state index < -0.39 is 59.8 Å². The van der Waals surface area contributed by atoms with Crippen molar-refractivity contribution < 1.29 is 52.7 Å². The first-order valence-electron chi connectivity index (χ1n) is 8.55. The van der Waals surface area contributed by atoms with Crippen molar-refractivity contribution in [3.8, 4) is 11.5 Å². The summed E-state index contributed by atoms with van der Waals surface area (Å²) < 4.78 is 134. The van der Waals surface area contributed by atoms with Gasteiger partial charge in [-0.15, -0.1) is 26.3 Å². The molecule has 0 spiro atoms. The van der Waals surface area contributed by atoms with Crippen molar-refractivity contribution in [2.75, 3.05) is 0 Å². The van der Waals surface area contributed by atoms with Gasteiger partial charge in [0.2, 0.25) is 0 Å². The predicted octanol–water partition coefficient (Wildman–Crippen LogP) is 2.92. The van der Waals surface area contributed by atoms with Gasteiger partial charge in [0, 0.05) is 12.4 Å². The minimum Gasteiger partial charge on any atom is -0.404 e. The number of hydrogen-bond acceptors (Lipinski definition) is 7. The summed E-state index contributed by atoms with van der Waals surface area (Å²) in [6.07, 6.45) is -9.80. The summed E-state index contributed by atoms with van der Waals surface area (Å²) in [6.45, 7) is 0. The number of imidazole rings is 1. The van der Waals surface area contributed by atoms with Crippen LogP contribution >= 0.6 is 0 Å². The predicted molar refractivity (Wildman–Crippen MR) is 100 cm³/mol. The van der Waals surface area contributed by atoms with E-state index in [2.05, 4.69) is 9.47 Å². The summed E-state index contributed by atoms with van der Waals surface area (Å²) in [5.41, 5.74) is -1.83. The van der Waals surface area contributed by atoms with E-state index >= 15 is 0 Å². The van der Waals surface area contributed by atoms with E-state index in [9.17, 15) is 48.0 Å². The Kier molecular flexibility index (Phi) is 6.21. The van der Waals surface area contributed by atoms with Gasteiger partial charge in [0.1, 0.15) is 21.3 Å². The molecule has 0 saturated carbocycles. The Morgan fingerprint density at radius 3 is 1.26 bits per heavy atom. The van der Waals surface area contributed by atoms with Gasteiger partial charge in [0.25, 0.3) is 20.0 Å². The molecule has 1 aromatic heterocycles. The fraction of sp³-hybridized carbons (Fsp3) is 0.118. The molecule has 0 aliphatic heterocycles. The van der Waals surface area contributed by atoms with Crippen LogP contribution in [0.5, 0.6) is 11.5 Å². The molecule has 0 atom stereocenters. The van der Waals surface area contributed by atoms with Gasteiger partial charge in [-0.05, 0) is 24.3 Å². The lowest BCUT2D eigenvalue weighted by Gasteiger charge is -2.14. The van der Waals surface area contributed by atoms with E-state index in [1.807, 2.05) is 0 Å². The van der Waals surface area contributed by atoms with Gasteiger partial charge >= 0.3 is 18.4 Å². The van der Waals surface area contributed by atoms with E-state index in [0.717, 1.165) is 24.3 Å². The van der Waals surface area contributed by atoms with Gasteiger partial charge < -0.3 is 9.47 Å². The van der Waals surface area contributed by atoms with E-state index in [4.69, 9.17) is 0 Å². The summed E-state index contributed by atoms with van der Waals surface area (Å²) in [5.74, 6) is -2.41. The molecule has 0 aliphatic carbocycles. The first kappa shape index (κ1) is 25.2. The summed E-state index contributed by atoms with van der Waals surface area (Å²) in [7, 11) is -10.3. The van der Waals surface area contributed by atoms with Crippen LogP contribution < -0.4 is 15.2 Å². The average Bonchev–Trinajstić information content (AvgIpc) is 3.09. The average molecular weight is 532 g/mol. The second kappa shape index (κ2) is 8.39. The fourth-order valence-corrected chi connectivity index (χ4v) is 5.39. The van der Waals surface area contributed by atoms with Crippen molar-refractivity contribution in [3.63, 3.8) is 0 Å². The van der Waals surface area contributed by atoms with Crippen LogP contribution in [-0.2, 0) is 20.0 Å². The quantitative estimate of drug-likeness (QED) is 0.449. The van der Waals surface area contributed by atoms with Crippen LogP contribution in [0.25, 0.3) is 0 Å². The molecule has 1 heterocycles. The fourth-order valence-electron chi connectivity index (χ4n) is 2.67. The first-order valence-corrected chi connectivity index (χ1v) is 11.4. The molecule has 0 unspecified atom stereocenters. The SMILES string of the molecule is O=c1n(S(=O)(=O)c2ccccc2OC(F)(F)F)ccn1S(=O)(=O)c1ccccc1OC(F)(F)F. The summed E-state index contributed by atoms with van der Waals surface area (Å²) in [6, 6.07) is 6.67. The standard InChI is InChI=1S/C17H10F6N2O7S2/c18-16(19,20)31-11-5-1-3-7-13(11)33(27,28)24-9-10-25(15(24)26)34(29,30)14-8-4-2-6-12(14)32-17(21,22)23/h1-10H. The number of nitrogens with zero attached hydrogens (tertiary/aromatic N) is 2. The summed E-state index contributed by atoms with van der Waals surface area (Å²) in [4.78, 5) is 10.4. The minimum atomic E-state index is -5.30.